The maximum Gasteiger partial charge on any atom is 0.427 e. The molecule has 0 radical (unpaired) electrons. The minimum atomic E-state index is -4.92. The molecule has 1 aromatic carbocycles. The molecule has 0 bridgehead atoms. The Morgan fingerprint density at radius 1 is 1.07 bits per heavy atom. The standard InChI is InChI=1S/C35H44F3N5O10S/c1-8-20-17-34(20,30(46)42-54(48,49)53-21-9-10-21)41-27(44)25-16-23(51-28-24-12-11-22(50-7)15-19(24)13-14-39-28)18-43(25)29(45)26(32(2,3)4)40-31(47)52-33(5,6)35(36,37)38/h8,11-15,20-21,23,25-26H,1,9-10,16-18H2,2-7H3,(H,40,47)(H,41,44)(H,42,46)/t20?,23-,25+,26-,34-/m1/s1. The van der Waals surface area contributed by atoms with Crippen molar-refractivity contribution in [1.82, 2.24) is 25.2 Å². The van der Waals surface area contributed by atoms with Gasteiger partial charge in [0.25, 0.3) is 5.91 Å². The van der Waals surface area contributed by atoms with Gasteiger partial charge in [-0.3, -0.25) is 18.6 Å². The maximum absolute atomic E-state index is 14.4. The van der Waals surface area contributed by atoms with E-state index in [2.05, 4.69) is 26.9 Å². The number of alkyl carbamates (subject to hydrolysis) is 1. The molecule has 1 saturated heterocycles. The number of hydrogen-bond donors (Lipinski definition) is 3. The number of alkyl halides is 3. The normalized spacial score (nSPS) is 23.6. The third kappa shape index (κ3) is 8.83. The molecule has 1 aromatic heterocycles. The number of ether oxygens (including phenoxy) is 3. The number of amides is 4. The fourth-order valence-corrected chi connectivity index (χ4v) is 7.05. The number of halogens is 3. The van der Waals surface area contributed by atoms with Crippen molar-refractivity contribution in [2.45, 2.75) is 102 Å². The van der Waals surface area contributed by atoms with Gasteiger partial charge in [0, 0.05) is 23.9 Å². The van der Waals surface area contributed by atoms with Crippen LogP contribution in [-0.2, 0) is 33.6 Å². The molecule has 4 amide bonds. The average molecular weight is 784 g/mol. The number of nitrogens with one attached hydrogen (secondary N) is 3. The van der Waals surface area contributed by atoms with E-state index in [1.807, 2.05) is 4.72 Å². The second-order valence-corrected chi connectivity index (χ2v) is 16.5. The fourth-order valence-electron chi connectivity index (χ4n) is 6.04. The lowest BCUT2D eigenvalue weighted by Crippen LogP contribution is -2.60. The number of nitrogens with zero attached hydrogens (tertiary/aromatic N) is 2. The van der Waals surface area contributed by atoms with Crippen LogP contribution in [0.15, 0.2) is 43.1 Å². The summed E-state index contributed by atoms with van der Waals surface area (Å²) in [4.78, 5) is 60.3. The first-order chi connectivity index (χ1) is 25.0. The number of hydrogen-bond acceptors (Lipinski definition) is 11. The Bertz CT molecular complexity index is 1930. The summed E-state index contributed by atoms with van der Waals surface area (Å²) in [6.07, 6.45) is -4.17. The Labute approximate surface area is 310 Å². The second-order valence-electron chi connectivity index (χ2n) is 15.2. The summed E-state index contributed by atoms with van der Waals surface area (Å²) in [5.41, 5.74) is -5.78. The van der Waals surface area contributed by atoms with E-state index in [0.717, 1.165) is 10.3 Å². The van der Waals surface area contributed by atoms with Crippen molar-refractivity contribution in [2.24, 2.45) is 11.3 Å². The first-order valence-electron chi connectivity index (χ1n) is 17.2. The molecular weight excluding hydrogens is 739 g/mol. The number of likely N-dealkylation sites (tertiary alicyclic amines) is 1. The van der Waals surface area contributed by atoms with Crippen molar-refractivity contribution in [2.75, 3.05) is 13.7 Å². The molecular formula is C35H44F3N5O10S. The summed E-state index contributed by atoms with van der Waals surface area (Å²) in [5.74, 6) is -2.72. The average Bonchev–Trinajstić information content (AvgIpc) is 3.97. The van der Waals surface area contributed by atoms with Crippen molar-refractivity contribution in [1.29, 1.82) is 0 Å². The number of methoxy groups -OCH3 is 1. The second kappa shape index (κ2) is 14.5. The predicted molar refractivity (Wildman–Crippen MR) is 186 cm³/mol. The molecule has 19 heteroatoms. The highest BCUT2D eigenvalue weighted by Crippen LogP contribution is 2.45. The minimum Gasteiger partial charge on any atom is -0.497 e. The third-order valence-corrected chi connectivity index (χ3v) is 10.5. The Kier molecular flexibility index (Phi) is 10.9. The number of pyridine rings is 1. The highest BCUT2D eigenvalue weighted by atomic mass is 32.2. The van der Waals surface area contributed by atoms with Gasteiger partial charge in [-0.25, -0.2) is 14.5 Å². The van der Waals surface area contributed by atoms with Crippen LogP contribution in [0.2, 0.25) is 0 Å². The molecule has 1 aliphatic heterocycles. The van der Waals surface area contributed by atoms with Crippen LogP contribution in [0.25, 0.3) is 10.8 Å². The summed E-state index contributed by atoms with van der Waals surface area (Å²) >= 11 is 0. The molecule has 1 unspecified atom stereocenters. The van der Waals surface area contributed by atoms with E-state index in [-0.39, 0.29) is 25.3 Å². The van der Waals surface area contributed by atoms with E-state index >= 15 is 0 Å². The molecule has 3 aliphatic rings. The molecule has 2 aliphatic carbocycles. The largest absolute Gasteiger partial charge is 0.497 e. The number of carbonyl (C=O) groups excluding carboxylic acids is 4. The van der Waals surface area contributed by atoms with Crippen LogP contribution in [0.5, 0.6) is 11.6 Å². The lowest BCUT2D eigenvalue weighted by atomic mass is 9.85. The molecule has 0 spiro atoms. The van der Waals surface area contributed by atoms with E-state index < -0.39 is 87.1 Å². The van der Waals surface area contributed by atoms with E-state index in [9.17, 15) is 40.8 Å². The van der Waals surface area contributed by atoms with E-state index in [1.165, 1.54) is 19.4 Å². The van der Waals surface area contributed by atoms with E-state index in [4.69, 9.17) is 13.7 Å². The molecule has 296 valence electrons. The Morgan fingerprint density at radius 2 is 1.76 bits per heavy atom. The van der Waals surface area contributed by atoms with Gasteiger partial charge in [-0.1, -0.05) is 26.8 Å². The minimum absolute atomic E-state index is 0.00991. The molecule has 3 fully saturated rings. The lowest BCUT2D eigenvalue weighted by Gasteiger charge is -2.36. The Balaban J connectivity index is 1.44. The van der Waals surface area contributed by atoms with Crippen molar-refractivity contribution in [3.8, 4) is 11.6 Å². The smallest absolute Gasteiger partial charge is 0.427 e. The van der Waals surface area contributed by atoms with Crippen molar-refractivity contribution in [3.63, 3.8) is 0 Å². The highest BCUT2D eigenvalue weighted by molar-refractivity contribution is 7.85. The van der Waals surface area contributed by atoms with E-state index in [0.29, 0.717) is 37.8 Å². The number of benzene rings is 1. The van der Waals surface area contributed by atoms with Gasteiger partial charge >= 0.3 is 22.6 Å². The van der Waals surface area contributed by atoms with Crippen LogP contribution in [-0.4, -0.2) is 97.4 Å². The Hall–Kier alpha value is -4.65. The van der Waals surface area contributed by atoms with Crippen LogP contribution < -0.4 is 24.8 Å². The first kappa shape index (κ1) is 40.5. The number of rotatable bonds is 13. The summed E-state index contributed by atoms with van der Waals surface area (Å²) in [5, 5.41) is 6.18. The molecule has 15 nitrogen and oxygen atoms in total. The first-order valence-corrected chi connectivity index (χ1v) is 18.6. The third-order valence-electron chi connectivity index (χ3n) is 9.52. The molecule has 2 aromatic rings. The van der Waals surface area contributed by atoms with Gasteiger partial charge < -0.3 is 29.7 Å². The van der Waals surface area contributed by atoms with Gasteiger partial charge in [0.2, 0.25) is 23.3 Å². The van der Waals surface area contributed by atoms with Gasteiger partial charge in [-0.05, 0) is 68.2 Å². The summed E-state index contributed by atoms with van der Waals surface area (Å²) < 4.78 is 88.7. The summed E-state index contributed by atoms with van der Waals surface area (Å²) in [7, 11) is -2.99. The predicted octanol–water partition coefficient (Wildman–Crippen LogP) is 3.67. The molecule has 2 saturated carbocycles. The van der Waals surface area contributed by atoms with E-state index in [1.54, 1.807) is 45.0 Å². The van der Waals surface area contributed by atoms with Crippen LogP contribution in [0.1, 0.15) is 60.3 Å². The quantitative estimate of drug-likeness (QED) is 0.251. The van der Waals surface area contributed by atoms with Gasteiger partial charge in [-0.15, -0.1) is 6.58 Å². The van der Waals surface area contributed by atoms with Gasteiger partial charge in [0.05, 0.1) is 19.8 Å². The van der Waals surface area contributed by atoms with Gasteiger partial charge in [0.1, 0.15) is 29.5 Å². The van der Waals surface area contributed by atoms with Crippen molar-refractivity contribution in [3.05, 3.63) is 43.1 Å². The van der Waals surface area contributed by atoms with Gasteiger partial charge in [-0.2, -0.15) is 21.6 Å². The van der Waals surface area contributed by atoms with Crippen LogP contribution in [0, 0.1) is 11.3 Å². The molecule has 5 atom stereocenters. The topological polar surface area (TPSA) is 192 Å². The fraction of sp³-hybridized carbons (Fsp3) is 0.571. The zero-order valence-electron chi connectivity index (χ0n) is 30.6. The molecule has 3 N–H and O–H groups in total. The zero-order valence-corrected chi connectivity index (χ0v) is 31.4. The molecule has 54 heavy (non-hydrogen) atoms. The monoisotopic (exact) mass is 783 g/mol. The highest BCUT2D eigenvalue weighted by Gasteiger charge is 2.62. The van der Waals surface area contributed by atoms with Gasteiger partial charge in [0.15, 0.2) is 0 Å². The van der Waals surface area contributed by atoms with Crippen molar-refractivity contribution >= 4 is 44.9 Å². The SMILES string of the molecule is C=CC1C[C@]1(NC(=O)[C@@H]1C[C@@H](Oc2nccc3cc(OC)ccc23)CN1C(=O)[C@@H](NC(=O)OC(C)(C)C(F)(F)F)C(C)(C)C)C(=O)NS(=O)(=O)OC1CC1. The summed E-state index contributed by atoms with van der Waals surface area (Å²) in [6, 6.07) is 4.02. The van der Waals surface area contributed by atoms with Crippen LogP contribution >= 0.6 is 0 Å². The Morgan fingerprint density at radius 3 is 2.33 bits per heavy atom. The zero-order chi connectivity index (χ0) is 40.0. The maximum atomic E-state index is 14.4. The number of fused-ring (bicyclic) bond motifs is 1. The lowest BCUT2D eigenvalue weighted by molar-refractivity contribution is -0.244. The molecule has 2 heterocycles. The van der Waals surface area contributed by atoms with Crippen LogP contribution in [0.4, 0.5) is 18.0 Å². The van der Waals surface area contributed by atoms with Crippen LogP contribution in [0.3, 0.4) is 0 Å². The number of carbonyl (C=O) groups is 4. The van der Waals surface area contributed by atoms with Crippen molar-refractivity contribution < 1.29 is 59.2 Å². The number of aromatic nitrogens is 1. The molecule has 5 rings (SSSR count). The summed E-state index contributed by atoms with van der Waals surface area (Å²) in [6.45, 7) is 9.41.